The summed E-state index contributed by atoms with van der Waals surface area (Å²) in [7, 11) is 0. The zero-order valence-electron chi connectivity index (χ0n) is 8.78. The second-order valence-electron chi connectivity index (χ2n) is 2.88. The van der Waals surface area contributed by atoms with Crippen molar-refractivity contribution < 1.29 is 40.9 Å². The molecule has 1 rings (SSSR count). The van der Waals surface area contributed by atoms with Gasteiger partial charge in [-0.25, -0.2) is 0 Å². The summed E-state index contributed by atoms with van der Waals surface area (Å²) in [5, 5.41) is 20.8. The number of carbonyl (C=O) groups is 2. The number of nitrogens with two attached hydrogens (primary N) is 2. The molecule has 0 spiro atoms. The summed E-state index contributed by atoms with van der Waals surface area (Å²) in [5.74, 6) is -4.82. The number of carbonyl (C=O) groups excluding carboxylic acids is 2. The number of hydrogen-bond donors (Lipinski definition) is 0. The van der Waals surface area contributed by atoms with Crippen molar-refractivity contribution in [2.45, 2.75) is 6.42 Å². The molecule has 0 aromatic heterocycles. The zero-order chi connectivity index (χ0) is 10.6. The second-order valence-corrected chi connectivity index (χ2v) is 2.88. The number of carboxylic acids is 2. The number of rotatable bonds is 4. The monoisotopic (exact) mass is 419 g/mol. The van der Waals surface area contributed by atoms with Crippen LogP contribution in [0.15, 0.2) is 30.3 Å². The minimum Gasteiger partial charge on any atom is -0.693 e. The Labute approximate surface area is 113 Å². The van der Waals surface area contributed by atoms with Gasteiger partial charge in [-0.1, -0.05) is 30.3 Å². The molecule has 0 unspecified atom stereocenters. The Morgan fingerprint density at radius 2 is 1.41 bits per heavy atom. The Balaban J connectivity index is -0.000000653. The Hall–Kier alpha value is -1.23. The maximum absolute atomic E-state index is 10.4. The molecular formula is C10H12N2O4Pt. The minimum absolute atomic E-state index is 0. The molecule has 7 heteroatoms. The smallest absolute Gasteiger partial charge is 0.693 e. The van der Waals surface area contributed by atoms with E-state index in [9.17, 15) is 19.8 Å². The molecule has 0 saturated heterocycles. The van der Waals surface area contributed by atoms with Crippen LogP contribution in [-0.4, -0.2) is 11.9 Å². The third kappa shape index (κ3) is 6.84. The van der Waals surface area contributed by atoms with Crippen molar-refractivity contribution in [3.05, 3.63) is 48.2 Å². The maximum atomic E-state index is 10.4. The molecule has 0 aliphatic rings. The molecule has 96 valence electrons. The fourth-order valence-corrected chi connectivity index (χ4v) is 1.11. The predicted molar refractivity (Wildman–Crippen MR) is 54.2 cm³/mol. The molecule has 0 aliphatic carbocycles. The first-order chi connectivity index (χ1) is 6.61. The van der Waals surface area contributed by atoms with Gasteiger partial charge < -0.3 is 32.1 Å². The molecule has 0 aliphatic heterocycles. The fraction of sp³-hybridized carbons (Fsp3) is 0.200. The van der Waals surface area contributed by atoms with Gasteiger partial charge in [0.1, 0.15) is 0 Å². The molecule has 0 atom stereocenters. The van der Waals surface area contributed by atoms with Crippen LogP contribution < -0.4 is 10.2 Å². The molecule has 6 nitrogen and oxygen atoms in total. The van der Waals surface area contributed by atoms with Crippen LogP contribution in [0.4, 0.5) is 0 Å². The van der Waals surface area contributed by atoms with Crippen molar-refractivity contribution in [1.29, 1.82) is 0 Å². The summed E-state index contributed by atoms with van der Waals surface area (Å²) in [6, 6.07) is 8.47. The fourth-order valence-electron chi connectivity index (χ4n) is 1.11. The third-order valence-corrected chi connectivity index (χ3v) is 1.85. The quantitative estimate of drug-likeness (QED) is 0.621. The van der Waals surface area contributed by atoms with Crippen molar-refractivity contribution in [2.24, 2.45) is 5.92 Å². The van der Waals surface area contributed by atoms with E-state index in [1.165, 1.54) is 0 Å². The third-order valence-electron chi connectivity index (χ3n) is 1.85. The van der Waals surface area contributed by atoms with Crippen molar-refractivity contribution >= 4 is 11.9 Å². The summed E-state index contributed by atoms with van der Waals surface area (Å²) < 4.78 is 0. The molecule has 17 heavy (non-hydrogen) atoms. The first-order valence-electron chi connectivity index (χ1n) is 4.07. The normalized spacial score (nSPS) is 8.29. The van der Waals surface area contributed by atoms with E-state index >= 15 is 0 Å². The van der Waals surface area contributed by atoms with E-state index in [4.69, 9.17) is 0 Å². The summed E-state index contributed by atoms with van der Waals surface area (Å²) in [6.45, 7) is 0. The summed E-state index contributed by atoms with van der Waals surface area (Å²) >= 11 is 0. The van der Waals surface area contributed by atoms with Crippen molar-refractivity contribution in [3.63, 3.8) is 0 Å². The van der Waals surface area contributed by atoms with E-state index in [1.807, 2.05) is 0 Å². The molecule has 1 aromatic rings. The van der Waals surface area contributed by atoms with Gasteiger partial charge in [-0.05, 0) is 12.0 Å². The Morgan fingerprint density at radius 1 is 1.00 bits per heavy atom. The Kier molecular flexibility index (Phi) is 12.4. The van der Waals surface area contributed by atoms with Crippen LogP contribution in [0.25, 0.3) is 12.3 Å². The van der Waals surface area contributed by atoms with E-state index in [-0.39, 0.29) is 39.8 Å². The largest absolute Gasteiger partial charge is 4.00 e. The molecular weight excluding hydrogens is 407 g/mol. The molecule has 0 heterocycles. The van der Waals surface area contributed by atoms with Crippen LogP contribution in [0.5, 0.6) is 0 Å². The van der Waals surface area contributed by atoms with Gasteiger partial charge in [0.25, 0.3) is 0 Å². The average molecular weight is 419 g/mol. The topological polar surface area (TPSA) is 147 Å². The molecule has 0 radical (unpaired) electrons. The van der Waals surface area contributed by atoms with Crippen LogP contribution in [0, 0.1) is 5.92 Å². The van der Waals surface area contributed by atoms with Crippen molar-refractivity contribution in [3.8, 4) is 0 Å². The van der Waals surface area contributed by atoms with E-state index < -0.39 is 17.9 Å². The van der Waals surface area contributed by atoms with E-state index in [0.717, 1.165) is 0 Å². The van der Waals surface area contributed by atoms with Gasteiger partial charge in [0.2, 0.25) is 0 Å². The number of benzene rings is 1. The van der Waals surface area contributed by atoms with Gasteiger partial charge in [-0.15, -0.1) is 0 Å². The Bertz CT molecular complexity index is 331. The molecule has 0 fully saturated rings. The van der Waals surface area contributed by atoms with Gasteiger partial charge >= 0.3 is 21.1 Å². The molecule has 1 aromatic carbocycles. The van der Waals surface area contributed by atoms with Crippen LogP contribution in [-0.2, 0) is 37.1 Å². The number of hydrogen-bond acceptors (Lipinski definition) is 4. The van der Waals surface area contributed by atoms with Gasteiger partial charge in [-0.2, -0.15) is 0 Å². The first kappa shape index (κ1) is 21.1. The molecule has 0 amide bonds. The van der Waals surface area contributed by atoms with Crippen LogP contribution >= 0.6 is 0 Å². The van der Waals surface area contributed by atoms with Gasteiger partial charge in [0.05, 0.1) is 11.9 Å². The van der Waals surface area contributed by atoms with Gasteiger partial charge in [-0.3, -0.25) is 0 Å². The van der Waals surface area contributed by atoms with E-state index in [0.29, 0.717) is 5.56 Å². The SMILES string of the molecule is O=C([O-])C(Cc1ccccc1)C(=O)[O-].[NH2-].[NH2-].[Pt+4]. The molecule has 0 bridgehead atoms. The average Bonchev–Trinajstić information content (AvgIpc) is 2.15. The number of aliphatic carboxylic acids is 2. The maximum Gasteiger partial charge on any atom is 4.00 e. The standard InChI is InChI=1S/C10H10O4.2H2N.Pt/c11-9(12)8(10(13)14)6-7-4-2-1-3-5-7;;;/h1-5,8H,6H2,(H,11,12)(H,13,14);2*1H2;/q;2*-1;+4/p-2. The molecule has 4 N–H and O–H groups in total. The van der Waals surface area contributed by atoms with Crippen LogP contribution in [0.1, 0.15) is 5.56 Å². The zero-order valence-corrected chi connectivity index (χ0v) is 11.0. The number of carboxylic acid groups (broad SMARTS) is 2. The minimum atomic E-state index is -1.62. The molecule has 0 saturated carbocycles. The van der Waals surface area contributed by atoms with Crippen molar-refractivity contribution in [1.82, 2.24) is 0 Å². The van der Waals surface area contributed by atoms with Crippen LogP contribution in [0.3, 0.4) is 0 Å². The predicted octanol–water partition coefficient (Wildman–Crippen LogP) is -0.223. The summed E-state index contributed by atoms with van der Waals surface area (Å²) in [6.07, 6.45) is -0.106. The van der Waals surface area contributed by atoms with Gasteiger partial charge in [0.15, 0.2) is 0 Å². The van der Waals surface area contributed by atoms with E-state index in [1.54, 1.807) is 30.3 Å². The van der Waals surface area contributed by atoms with Gasteiger partial charge in [0, 0.05) is 5.92 Å². The summed E-state index contributed by atoms with van der Waals surface area (Å²) in [4.78, 5) is 20.8. The van der Waals surface area contributed by atoms with Crippen molar-refractivity contribution in [2.75, 3.05) is 0 Å². The van der Waals surface area contributed by atoms with E-state index in [2.05, 4.69) is 0 Å². The first-order valence-corrected chi connectivity index (χ1v) is 4.07. The summed E-state index contributed by atoms with van der Waals surface area (Å²) in [5.41, 5.74) is 0.630. The second kappa shape index (κ2) is 9.96. The van der Waals surface area contributed by atoms with Crippen LogP contribution in [0.2, 0.25) is 0 Å². The Morgan fingerprint density at radius 3 is 1.76 bits per heavy atom.